The fourth-order valence-electron chi connectivity index (χ4n) is 4.11. The fraction of sp³-hybridized carbons (Fsp3) is 0.138. The highest BCUT2D eigenvalue weighted by Crippen LogP contribution is 2.37. The van der Waals surface area contributed by atoms with E-state index in [2.05, 4.69) is 0 Å². The van der Waals surface area contributed by atoms with Crippen LogP contribution in [0.5, 0.6) is 5.75 Å². The van der Waals surface area contributed by atoms with Crippen LogP contribution in [-0.2, 0) is 0 Å². The summed E-state index contributed by atoms with van der Waals surface area (Å²) >= 11 is 2.78. The molecule has 0 aliphatic rings. The standard InChI is InChI=1S/C29H24N2O3S2/c1-3-34-23-16-14-20(15-17-23)24(32)18-35-29-30-27-26(28(33)31(29)22-12-8-5-9-13-22)25(19(2)36-27)21-10-6-4-7-11-21/h4-17H,3,18H2,1-2H3. The van der Waals surface area contributed by atoms with E-state index in [-0.39, 0.29) is 17.1 Å². The number of ether oxygens (including phenoxy) is 1. The van der Waals surface area contributed by atoms with Gasteiger partial charge in [-0.25, -0.2) is 4.98 Å². The van der Waals surface area contributed by atoms with E-state index in [1.165, 1.54) is 23.1 Å². The van der Waals surface area contributed by atoms with Gasteiger partial charge in [-0.15, -0.1) is 11.3 Å². The summed E-state index contributed by atoms with van der Waals surface area (Å²) in [5, 5.41) is 1.11. The highest BCUT2D eigenvalue weighted by Gasteiger charge is 2.21. The highest BCUT2D eigenvalue weighted by molar-refractivity contribution is 7.99. The Balaban J connectivity index is 1.57. The maximum Gasteiger partial charge on any atom is 0.268 e. The highest BCUT2D eigenvalue weighted by atomic mass is 32.2. The molecule has 5 nitrogen and oxygen atoms in total. The summed E-state index contributed by atoms with van der Waals surface area (Å²) < 4.78 is 7.09. The Morgan fingerprint density at radius 1 is 0.972 bits per heavy atom. The van der Waals surface area contributed by atoms with Crippen LogP contribution < -0.4 is 10.3 Å². The largest absolute Gasteiger partial charge is 0.494 e. The third kappa shape index (κ3) is 4.72. The van der Waals surface area contributed by atoms with Gasteiger partial charge in [-0.3, -0.25) is 14.2 Å². The number of benzene rings is 3. The molecule has 0 amide bonds. The predicted molar refractivity (Wildman–Crippen MR) is 148 cm³/mol. The van der Waals surface area contributed by atoms with Gasteiger partial charge in [0.25, 0.3) is 5.56 Å². The summed E-state index contributed by atoms with van der Waals surface area (Å²) in [6, 6.07) is 26.5. The van der Waals surface area contributed by atoms with Crippen molar-refractivity contribution in [3.05, 3.63) is 106 Å². The third-order valence-corrected chi connectivity index (χ3v) is 7.71. The van der Waals surface area contributed by atoms with Gasteiger partial charge >= 0.3 is 0 Å². The number of aromatic nitrogens is 2. The molecule has 3 aromatic carbocycles. The minimum atomic E-state index is -0.134. The molecular formula is C29H24N2O3S2. The van der Waals surface area contributed by atoms with Crippen molar-refractivity contribution in [2.75, 3.05) is 12.4 Å². The summed E-state index contributed by atoms with van der Waals surface area (Å²) in [4.78, 5) is 33.6. The minimum Gasteiger partial charge on any atom is -0.494 e. The first kappa shape index (κ1) is 24.0. The second kappa shape index (κ2) is 10.5. The van der Waals surface area contributed by atoms with E-state index in [0.29, 0.717) is 27.5 Å². The first-order valence-corrected chi connectivity index (χ1v) is 13.4. The minimum absolute atomic E-state index is 0.0376. The number of fused-ring (bicyclic) bond motifs is 1. The molecule has 0 aliphatic heterocycles. The van der Waals surface area contributed by atoms with Gasteiger partial charge in [0.15, 0.2) is 10.9 Å². The van der Waals surface area contributed by atoms with Crippen molar-refractivity contribution in [3.63, 3.8) is 0 Å². The molecule has 0 atom stereocenters. The van der Waals surface area contributed by atoms with Crippen LogP contribution >= 0.6 is 23.1 Å². The topological polar surface area (TPSA) is 61.2 Å². The lowest BCUT2D eigenvalue weighted by Gasteiger charge is -2.12. The normalized spacial score (nSPS) is 11.1. The Hall–Kier alpha value is -3.68. The molecule has 0 radical (unpaired) electrons. The summed E-state index contributed by atoms with van der Waals surface area (Å²) in [7, 11) is 0. The smallest absolute Gasteiger partial charge is 0.268 e. The number of ketones is 1. The van der Waals surface area contributed by atoms with Crippen molar-refractivity contribution < 1.29 is 9.53 Å². The molecule has 2 heterocycles. The fourth-order valence-corrected chi connectivity index (χ4v) is 6.11. The van der Waals surface area contributed by atoms with Gasteiger partial charge in [0.05, 0.1) is 23.4 Å². The van der Waals surface area contributed by atoms with Gasteiger partial charge in [-0.1, -0.05) is 60.3 Å². The number of hydrogen-bond donors (Lipinski definition) is 0. The van der Waals surface area contributed by atoms with Crippen molar-refractivity contribution in [1.82, 2.24) is 9.55 Å². The van der Waals surface area contributed by atoms with Gasteiger partial charge in [0.1, 0.15) is 10.6 Å². The molecule has 0 N–H and O–H groups in total. The van der Waals surface area contributed by atoms with Crippen molar-refractivity contribution in [2.45, 2.75) is 19.0 Å². The van der Waals surface area contributed by atoms with E-state index in [0.717, 1.165) is 27.4 Å². The van der Waals surface area contributed by atoms with Crippen LogP contribution in [0.4, 0.5) is 0 Å². The molecule has 36 heavy (non-hydrogen) atoms. The van der Waals surface area contributed by atoms with Gasteiger partial charge in [-0.05, 0) is 55.8 Å². The zero-order chi connectivity index (χ0) is 25.1. The van der Waals surface area contributed by atoms with Crippen LogP contribution in [0.2, 0.25) is 0 Å². The molecule has 0 fully saturated rings. The number of nitrogens with zero attached hydrogens (tertiary/aromatic N) is 2. The van der Waals surface area contributed by atoms with Gasteiger partial charge in [-0.2, -0.15) is 0 Å². The zero-order valence-electron chi connectivity index (χ0n) is 19.9. The number of aryl methyl sites for hydroxylation is 1. The maximum atomic E-state index is 14.0. The maximum absolute atomic E-state index is 14.0. The monoisotopic (exact) mass is 512 g/mol. The average Bonchev–Trinajstić information content (AvgIpc) is 3.25. The first-order chi connectivity index (χ1) is 17.6. The quantitative estimate of drug-likeness (QED) is 0.130. The molecule has 5 aromatic rings. The Morgan fingerprint density at radius 2 is 1.64 bits per heavy atom. The Labute approximate surface area is 217 Å². The molecule has 0 saturated carbocycles. The second-order valence-corrected chi connectivity index (χ2v) is 10.3. The number of hydrogen-bond acceptors (Lipinski definition) is 6. The van der Waals surface area contributed by atoms with Crippen LogP contribution in [0, 0.1) is 6.92 Å². The number of carbonyl (C=O) groups excluding carboxylic acids is 1. The molecular weight excluding hydrogens is 488 g/mol. The molecule has 5 rings (SSSR count). The van der Waals surface area contributed by atoms with Crippen molar-refractivity contribution >= 4 is 39.1 Å². The van der Waals surface area contributed by atoms with Gasteiger partial charge in [0.2, 0.25) is 0 Å². The Morgan fingerprint density at radius 3 is 2.31 bits per heavy atom. The predicted octanol–water partition coefficient (Wildman–Crippen LogP) is 6.80. The number of para-hydroxylation sites is 1. The molecule has 0 saturated heterocycles. The van der Waals surface area contributed by atoms with E-state index in [1.807, 2.05) is 74.5 Å². The van der Waals surface area contributed by atoms with Crippen molar-refractivity contribution in [1.29, 1.82) is 0 Å². The lowest BCUT2D eigenvalue weighted by Crippen LogP contribution is -2.22. The Bertz CT molecular complexity index is 1570. The van der Waals surface area contributed by atoms with Crippen LogP contribution in [0.25, 0.3) is 27.0 Å². The van der Waals surface area contributed by atoms with Crippen LogP contribution in [0.15, 0.2) is 94.9 Å². The zero-order valence-corrected chi connectivity index (χ0v) is 21.6. The lowest BCUT2D eigenvalue weighted by molar-refractivity contribution is 0.102. The third-order valence-electron chi connectivity index (χ3n) is 5.77. The van der Waals surface area contributed by atoms with Crippen LogP contribution in [-0.4, -0.2) is 27.7 Å². The van der Waals surface area contributed by atoms with E-state index in [1.54, 1.807) is 28.8 Å². The summed E-state index contributed by atoms with van der Waals surface area (Å²) in [6.45, 7) is 4.51. The van der Waals surface area contributed by atoms with E-state index < -0.39 is 0 Å². The molecule has 2 aromatic heterocycles. The molecule has 0 spiro atoms. The van der Waals surface area contributed by atoms with Crippen molar-refractivity contribution in [3.8, 4) is 22.6 Å². The summed E-state index contributed by atoms with van der Waals surface area (Å²) in [5.74, 6) is 0.854. The molecule has 0 aliphatic carbocycles. The lowest BCUT2D eigenvalue weighted by atomic mass is 10.0. The van der Waals surface area contributed by atoms with E-state index in [4.69, 9.17) is 9.72 Å². The number of carbonyl (C=O) groups is 1. The summed E-state index contributed by atoms with van der Waals surface area (Å²) in [6.07, 6.45) is 0. The molecule has 180 valence electrons. The number of Topliss-reactive ketones (excluding diaryl/α,β-unsaturated/α-hetero) is 1. The number of thiophene rings is 1. The first-order valence-electron chi connectivity index (χ1n) is 11.6. The average molecular weight is 513 g/mol. The van der Waals surface area contributed by atoms with Gasteiger partial charge < -0.3 is 4.74 Å². The molecule has 7 heteroatoms. The number of rotatable bonds is 8. The van der Waals surface area contributed by atoms with E-state index >= 15 is 0 Å². The second-order valence-electron chi connectivity index (χ2n) is 8.12. The summed E-state index contributed by atoms with van der Waals surface area (Å²) in [5.41, 5.74) is 3.09. The molecule has 0 unspecified atom stereocenters. The van der Waals surface area contributed by atoms with E-state index in [9.17, 15) is 9.59 Å². The Kier molecular flexibility index (Phi) is 7.02. The SMILES string of the molecule is CCOc1ccc(C(=O)CSc2nc3sc(C)c(-c4ccccc4)c3c(=O)n2-c2ccccc2)cc1. The number of thioether (sulfide) groups is 1. The molecule has 0 bridgehead atoms. The van der Waals surface area contributed by atoms with Crippen LogP contribution in [0.1, 0.15) is 22.2 Å². The van der Waals surface area contributed by atoms with Gasteiger partial charge in [0, 0.05) is 16.0 Å². The van der Waals surface area contributed by atoms with Crippen molar-refractivity contribution in [2.24, 2.45) is 0 Å². The van der Waals surface area contributed by atoms with Crippen LogP contribution in [0.3, 0.4) is 0 Å².